The number of aryl methyl sites for hydroxylation is 2. The van der Waals surface area contributed by atoms with Crippen molar-refractivity contribution in [2.45, 2.75) is 52.0 Å². The van der Waals surface area contributed by atoms with E-state index < -0.39 is 0 Å². The van der Waals surface area contributed by atoms with Crippen molar-refractivity contribution in [1.82, 2.24) is 5.32 Å². The smallest absolute Gasteiger partial charge is 0.258 e. The van der Waals surface area contributed by atoms with Crippen molar-refractivity contribution in [1.29, 1.82) is 0 Å². The number of nitrogens with one attached hydrogen (secondary N) is 1. The van der Waals surface area contributed by atoms with Gasteiger partial charge < -0.3 is 10.1 Å². The van der Waals surface area contributed by atoms with Gasteiger partial charge in [-0.15, -0.1) is 0 Å². The summed E-state index contributed by atoms with van der Waals surface area (Å²) in [7, 11) is 0. The van der Waals surface area contributed by atoms with Crippen molar-refractivity contribution in [3.05, 3.63) is 64.7 Å². The van der Waals surface area contributed by atoms with Gasteiger partial charge in [-0.25, -0.2) is 0 Å². The van der Waals surface area contributed by atoms with Gasteiger partial charge in [0, 0.05) is 0 Å². The van der Waals surface area contributed by atoms with E-state index >= 15 is 0 Å². The highest BCUT2D eigenvalue weighted by Gasteiger charge is 2.21. The van der Waals surface area contributed by atoms with E-state index in [9.17, 15) is 4.79 Å². The topological polar surface area (TPSA) is 38.3 Å². The Morgan fingerprint density at radius 3 is 2.84 bits per heavy atom. The first kappa shape index (κ1) is 17.5. The van der Waals surface area contributed by atoms with Gasteiger partial charge in [0.1, 0.15) is 5.75 Å². The summed E-state index contributed by atoms with van der Waals surface area (Å²) in [5.74, 6) is 1.18. The Labute approximate surface area is 150 Å². The third kappa shape index (κ3) is 4.22. The highest BCUT2D eigenvalue weighted by atomic mass is 16.5. The van der Waals surface area contributed by atoms with Crippen LogP contribution in [0, 0.1) is 6.92 Å². The summed E-state index contributed by atoms with van der Waals surface area (Å²) in [4.78, 5) is 12.4. The molecule has 0 saturated heterocycles. The lowest BCUT2D eigenvalue weighted by atomic mass is 9.88. The van der Waals surface area contributed by atoms with Crippen LogP contribution in [0.5, 0.6) is 5.75 Å². The van der Waals surface area contributed by atoms with Crippen LogP contribution in [0.3, 0.4) is 0 Å². The summed E-state index contributed by atoms with van der Waals surface area (Å²) in [5, 5.41) is 3.14. The average molecular weight is 337 g/mol. The lowest BCUT2D eigenvalue weighted by molar-refractivity contribution is -0.124. The molecule has 1 N–H and O–H groups in total. The van der Waals surface area contributed by atoms with Gasteiger partial charge in [0.2, 0.25) is 0 Å². The fourth-order valence-corrected chi connectivity index (χ4v) is 3.41. The summed E-state index contributed by atoms with van der Waals surface area (Å²) in [6.45, 7) is 6.37. The maximum absolute atomic E-state index is 12.4. The molecule has 1 aliphatic rings. The van der Waals surface area contributed by atoms with Crippen molar-refractivity contribution in [3.8, 4) is 5.75 Å². The lowest BCUT2D eigenvalue weighted by Gasteiger charge is -2.26. The molecule has 1 atom stereocenters. The minimum absolute atomic E-state index is 0.0566. The Morgan fingerprint density at radius 1 is 1.24 bits per heavy atom. The van der Waals surface area contributed by atoms with E-state index in [1.54, 1.807) is 0 Å². The first-order valence-electron chi connectivity index (χ1n) is 9.15. The van der Waals surface area contributed by atoms with Crippen LogP contribution in [0.15, 0.2) is 42.5 Å². The molecule has 1 aliphatic carbocycles. The number of fused-ring (bicyclic) bond motifs is 1. The number of hydrogen-bond donors (Lipinski definition) is 1. The molecule has 0 bridgehead atoms. The van der Waals surface area contributed by atoms with Crippen LogP contribution in [0.25, 0.3) is 0 Å². The fourth-order valence-electron chi connectivity index (χ4n) is 3.41. The third-order valence-corrected chi connectivity index (χ3v) is 4.94. The maximum atomic E-state index is 12.4. The minimum Gasteiger partial charge on any atom is -0.483 e. The zero-order valence-corrected chi connectivity index (χ0v) is 15.3. The molecule has 25 heavy (non-hydrogen) atoms. The Balaban J connectivity index is 1.62. The van der Waals surface area contributed by atoms with Gasteiger partial charge in [-0.2, -0.15) is 0 Å². The lowest BCUT2D eigenvalue weighted by Crippen LogP contribution is -2.34. The van der Waals surface area contributed by atoms with E-state index in [2.05, 4.69) is 49.5 Å². The van der Waals surface area contributed by atoms with Gasteiger partial charge in [-0.1, -0.05) is 50.2 Å². The van der Waals surface area contributed by atoms with Crippen LogP contribution in [0.2, 0.25) is 0 Å². The SMILES string of the molecule is Cc1ccc(C(C)C)cc1OCC(=O)N[C@@H]1CCCc2ccccc21. The molecule has 0 radical (unpaired) electrons. The number of benzene rings is 2. The van der Waals surface area contributed by atoms with Crippen LogP contribution in [0.4, 0.5) is 0 Å². The van der Waals surface area contributed by atoms with Crippen LogP contribution < -0.4 is 10.1 Å². The van der Waals surface area contributed by atoms with E-state index in [1.165, 1.54) is 16.7 Å². The van der Waals surface area contributed by atoms with Gasteiger partial charge in [0.15, 0.2) is 6.61 Å². The maximum Gasteiger partial charge on any atom is 0.258 e. The number of carbonyl (C=O) groups excluding carboxylic acids is 1. The van der Waals surface area contributed by atoms with E-state index in [-0.39, 0.29) is 18.6 Å². The van der Waals surface area contributed by atoms with Gasteiger partial charge in [-0.05, 0) is 60.4 Å². The van der Waals surface area contributed by atoms with Gasteiger partial charge in [0.25, 0.3) is 5.91 Å². The van der Waals surface area contributed by atoms with Crippen LogP contribution in [-0.4, -0.2) is 12.5 Å². The Morgan fingerprint density at radius 2 is 2.04 bits per heavy atom. The molecule has 2 aromatic carbocycles. The highest BCUT2D eigenvalue weighted by Crippen LogP contribution is 2.29. The second kappa shape index (κ2) is 7.73. The Kier molecular flexibility index (Phi) is 5.42. The highest BCUT2D eigenvalue weighted by molar-refractivity contribution is 5.78. The van der Waals surface area contributed by atoms with E-state index in [0.29, 0.717) is 5.92 Å². The van der Waals surface area contributed by atoms with Crippen LogP contribution in [-0.2, 0) is 11.2 Å². The molecule has 3 nitrogen and oxygen atoms in total. The molecule has 0 aliphatic heterocycles. The number of ether oxygens (including phenoxy) is 1. The minimum atomic E-state index is -0.0592. The predicted molar refractivity (Wildman–Crippen MR) is 101 cm³/mol. The molecule has 3 rings (SSSR count). The summed E-state index contributed by atoms with van der Waals surface area (Å²) >= 11 is 0. The second-order valence-corrected chi connectivity index (χ2v) is 7.18. The van der Waals surface area contributed by atoms with Crippen molar-refractivity contribution >= 4 is 5.91 Å². The first-order valence-corrected chi connectivity index (χ1v) is 9.15. The number of hydrogen-bond acceptors (Lipinski definition) is 2. The average Bonchev–Trinajstić information content (AvgIpc) is 2.61. The molecule has 0 spiro atoms. The summed E-state index contributed by atoms with van der Waals surface area (Å²) in [6, 6.07) is 14.7. The number of amides is 1. The predicted octanol–water partition coefficient (Wildman–Crippen LogP) is 4.69. The second-order valence-electron chi connectivity index (χ2n) is 7.18. The zero-order valence-electron chi connectivity index (χ0n) is 15.3. The quantitative estimate of drug-likeness (QED) is 0.859. The van der Waals surface area contributed by atoms with Crippen molar-refractivity contribution in [2.75, 3.05) is 6.61 Å². The van der Waals surface area contributed by atoms with Gasteiger partial charge >= 0.3 is 0 Å². The standard InChI is InChI=1S/C22H27NO2/c1-15(2)18-12-11-16(3)21(13-18)25-14-22(24)23-20-10-6-8-17-7-4-5-9-19(17)20/h4-5,7,9,11-13,15,20H,6,8,10,14H2,1-3H3,(H,23,24)/t20-/m1/s1. The van der Waals surface area contributed by atoms with Crippen molar-refractivity contribution < 1.29 is 9.53 Å². The summed E-state index contributed by atoms with van der Waals surface area (Å²) in [5.41, 5.74) is 4.88. The van der Waals surface area contributed by atoms with Crippen molar-refractivity contribution in [2.24, 2.45) is 0 Å². The molecule has 0 unspecified atom stereocenters. The molecule has 0 heterocycles. The fraction of sp³-hybridized carbons (Fsp3) is 0.409. The normalized spacial score (nSPS) is 16.4. The molecule has 3 heteroatoms. The Bertz CT molecular complexity index is 751. The van der Waals surface area contributed by atoms with Crippen LogP contribution in [0.1, 0.15) is 60.9 Å². The van der Waals surface area contributed by atoms with E-state index in [0.717, 1.165) is 30.6 Å². The monoisotopic (exact) mass is 337 g/mol. The van der Waals surface area contributed by atoms with Crippen molar-refractivity contribution in [3.63, 3.8) is 0 Å². The Hall–Kier alpha value is -2.29. The molecular weight excluding hydrogens is 310 g/mol. The van der Waals surface area contributed by atoms with E-state index in [4.69, 9.17) is 4.74 Å². The first-order chi connectivity index (χ1) is 12.0. The molecule has 2 aromatic rings. The molecule has 1 amide bonds. The molecule has 0 aromatic heterocycles. The molecule has 132 valence electrons. The van der Waals surface area contributed by atoms with Gasteiger partial charge in [0.05, 0.1) is 6.04 Å². The zero-order chi connectivity index (χ0) is 17.8. The summed E-state index contributed by atoms with van der Waals surface area (Å²) in [6.07, 6.45) is 3.20. The molecule has 0 saturated carbocycles. The van der Waals surface area contributed by atoms with Crippen LogP contribution >= 0.6 is 0 Å². The number of rotatable bonds is 5. The largest absolute Gasteiger partial charge is 0.483 e. The summed E-state index contributed by atoms with van der Waals surface area (Å²) < 4.78 is 5.81. The molecule has 0 fully saturated rings. The number of carbonyl (C=O) groups is 1. The molecular formula is C22H27NO2. The third-order valence-electron chi connectivity index (χ3n) is 4.94. The van der Waals surface area contributed by atoms with Gasteiger partial charge in [-0.3, -0.25) is 4.79 Å². The van der Waals surface area contributed by atoms with E-state index in [1.807, 2.05) is 19.1 Å².